The topological polar surface area (TPSA) is 21.3 Å². The molecular formula is C8H13F2NO. The van der Waals surface area contributed by atoms with Gasteiger partial charge in [0.05, 0.1) is 6.54 Å². The van der Waals surface area contributed by atoms with Crippen LogP contribution in [0.5, 0.6) is 0 Å². The molecule has 2 saturated heterocycles. The van der Waals surface area contributed by atoms with E-state index in [0.29, 0.717) is 19.6 Å². The first kappa shape index (κ1) is 8.38. The summed E-state index contributed by atoms with van der Waals surface area (Å²) in [5.41, 5.74) is -1.18. The molecule has 0 aromatic rings. The van der Waals surface area contributed by atoms with Gasteiger partial charge in [-0.1, -0.05) is 0 Å². The predicted octanol–water partition coefficient (Wildman–Crippen LogP) is 1.16. The molecule has 0 amide bonds. The fourth-order valence-electron chi connectivity index (χ4n) is 1.99. The molecule has 0 aliphatic carbocycles. The van der Waals surface area contributed by atoms with Crippen molar-refractivity contribution >= 4 is 0 Å². The van der Waals surface area contributed by atoms with Crippen LogP contribution in [-0.4, -0.2) is 31.2 Å². The average Bonchev–Trinajstić information content (AvgIpc) is 2.30. The van der Waals surface area contributed by atoms with Crippen LogP contribution in [0.15, 0.2) is 0 Å². The molecule has 2 rings (SSSR count). The lowest BCUT2D eigenvalue weighted by Crippen LogP contribution is -2.51. The average molecular weight is 177 g/mol. The molecule has 1 N–H and O–H groups in total. The third-order valence-electron chi connectivity index (χ3n) is 2.78. The van der Waals surface area contributed by atoms with Crippen molar-refractivity contribution in [2.75, 3.05) is 19.7 Å². The molecule has 0 aromatic carbocycles. The second kappa shape index (κ2) is 2.64. The molecule has 2 aliphatic heterocycles. The standard InChI is InChI=1S/C8H13F2NO/c9-8(10)6-11-5-7(8)3-1-2-4-12-7/h11H,1-6H2. The summed E-state index contributed by atoms with van der Waals surface area (Å²) in [6.45, 7) is 0.560. The van der Waals surface area contributed by atoms with Gasteiger partial charge in [0, 0.05) is 13.2 Å². The second-order valence-corrected chi connectivity index (χ2v) is 3.61. The van der Waals surface area contributed by atoms with Crippen molar-refractivity contribution in [3.8, 4) is 0 Å². The molecule has 12 heavy (non-hydrogen) atoms. The molecule has 2 heterocycles. The minimum atomic E-state index is -2.67. The Balaban J connectivity index is 2.17. The normalized spacial score (nSPS) is 40.5. The number of rotatable bonds is 0. The SMILES string of the molecule is FC1(F)CNCC12CCCCO2. The highest BCUT2D eigenvalue weighted by Gasteiger charge is 2.58. The number of ether oxygens (including phenoxy) is 1. The molecule has 2 aliphatic rings. The van der Waals surface area contributed by atoms with E-state index in [4.69, 9.17) is 4.74 Å². The summed E-state index contributed by atoms with van der Waals surface area (Å²) in [4.78, 5) is 0. The van der Waals surface area contributed by atoms with Gasteiger partial charge in [-0.25, -0.2) is 8.78 Å². The molecule has 1 atom stereocenters. The Labute approximate surface area is 70.3 Å². The van der Waals surface area contributed by atoms with Crippen molar-refractivity contribution in [1.82, 2.24) is 5.32 Å². The molecular weight excluding hydrogens is 164 g/mol. The van der Waals surface area contributed by atoms with Gasteiger partial charge in [-0.05, 0) is 19.3 Å². The van der Waals surface area contributed by atoms with E-state index in [1.165, 1.54) is 0 Å². The van der Waals surface area contributed by atoms with Crippen LogP contribution in [0, 0.1) is 0 Å². The van der Waals surface area contributed by atoms with E-state index in [1.54, 1.807) is 0 Å². The van der Waals surface area contributed by atoms with Crippen LogP contribution >= 0.6 is 0 Å². The number of hydrogen-bond donors (Lipinski definition) is 1. The minimum absolute atomic E-state index is 0.229. The molecule has 2 fully saturated rings. The highest BCUT2D eigenvalue weighted by molar-refractivity contribution is 5.04. The zero-order valence-corrected chi connectivity index (χ0v) is 6.91. The second-order valence-electron chi connectivity index (χ2n) is 3.61. The summed E-state index contributed by atoms with van der Waals surface area (Å²) in [6.07, 6.45) is 2.27. The Kier molecular flexibility index (Phi) is 1.84. The highest BCUT2D eigenvalue weighted by atomic mass is 19.3. The quantitative estimate of drug-likeness (QED) is 0.599. The van der Waals surface area contributed by atoms with Crippen LogP contribution in [0.2, 0.25) is 0 Å². The summed E-state index contributed by atoms with van der Waals surface area (Å²) >= 11 is 0. The zero-order valence-electron chi connectivity index (χ0n) is 6.91. The van der Waals surface area contributed by atoms with E-state index >= 15 is 0 Å². The van der Waals surface area contributed by atoms with Crippen molar-refractivity contribution in [2.45, 2.75) is 30.8 Å². The van der Waals surface area contributed by atoms with Gasteiger partial charge in [-0.3, -0.25) is 0 Å². The summed E-state index contributed by atoms with van der Waals surface area (Å²) in [6, 6.07) is 0. The van der Waals surface area contributed by atoms with E-state index in [2.05, 4.69) is 5.32 Å². The van der Waals surface area contributed by atoms with E-state index in [-0.39, 0.29) is 6.54 Å². The minimum Gasteiger partial charge on any atom is -0.367 e. The van der Waals surface area contributed by atoms with E-state index in [1.807, 2.05) is 0 Å². The van der Waals surface area contributed by atoms with Crippen LogP contribution in [0.1, 0.15) is 19.3 Å². The van der Waals surface area contributed by atoms with Crippen LogP contribution in [0.4, 0.5) is 8.78 Å². The molecule has 1 unspecified atom stereocenters. The number of halogens is 2. The van der Waals surface area contributed by atoms with Gasteiger partial charge >= 0.3 is 0 Å². The smallest absolute Gasteiger partial charge is 0.289 e. The van der Waals surface area contributed by atoms with Crippen molar-refractivity contribution in [3.05, 3.63) is 0 Å². The zero-order chi connectivity index (χ0) is 8.66. The molecule has 0 aromatic heterocycles. The first-order valence-corrected chi connectivity index (χ1v) is 4.39. The van der Waals surface area contributed by atoms with Gasteiger partial charge in [-0.15, -0.1) is 0 Å². The molecule has 70 valence electrons. The Morgan fingerprint density at radius 3 is 2.50 bits per heavy atom. The van der Waals surface area contributed by atoms with Crippen molar-refractivity contribution < 1.29 is 13.5 Å². The lowest BCUT2D eigenvalue weighted by atomic mass is 9.90. The number of alkyl halides is 2. The Hall–Kier alpha value is -0.220. The monoisotopic (exact) mass is 177 g/mol. The van der Waals surface area contributed by atoms with Crippen LogP contribution in [0.3, 0.4) is 0 Å². The van der Waals surface area contributed by atoms with Gasteiger partial charge in [0.25, 0.3) is 5.92 Å². The fraction of sp³-hybridized carbons (Fsp3) is 1.00. The number of nitrogens with one attached hydrogen (secondary N) is 1. The maximum atomic E-state index is 13.3. The number of hydrogen-bond acceptors (Lipinski definition) is 2. The molecule has 0 saturated carbocycles. The van der Waals surface area contributed by atoms with Gasteiger partial charge in [0.15, 0.2) is 0 Å². The lowest BCUT2D eigenvalue weighted by molar-refractivity contribution is -0.195. The van der Waals surface area contributed by atoms with Gasteiger partial charge in [0.2, 0.25) is 0 Å². The van der Waals surface area contributed by atoms with Crippen molar-refractivity contribution in [1.29, 1.82) is 0 Å². The van der Waals surface area contributed by atoms with Gasteiger partial charge in [0.1, 0.15) is 5.60 Å². The highest BCUT2D eigenvalue weighted by Crippen LogP contribution is 2.41. The Morgan fingerprint density at radius 2 is 2.00 bits per heavy atom. The van der Waals surface area contributed by atoms with E-state index in [9.17, 15) is 8.78 Å². The van der Waals surface area contributed by atoms with Crippen LogP contribution in [0.25, 0.3) is 0 Å². The first-order valence-electron chi connectivity index (χ1n) is 4.39. The Bertz CT molecular complexity index is 178. The van der Waals surface area contributed by atoms with Crippen LogP contribution in [-0.2, 0) is 4.74 Å². The Morgan fingerprint density at radius 1 is 1.17 bits per heavy atom. The fourth-order valence-corrected chi connectivity index (χ4v) is 1.99. The van der Waals surface area contributed by atoms with E-state index in [0.717, 1.165) is 12.8 Å². The third kappa shape index (κ3) is 1.05. The predicted molar refractivity (Wildman–Crippen MR) is 40.4 cm³/mol. The van der Waals surface area contributed by atoms with Crippen molar-refractivity contribution in [2.24, 2.45) is 0 Å². The van der Waals surface area contributed by atoms with Crippen LogP contribution < -0.4 is 5.32 Å². The van der Waals surface area contributed by atoms with Crippen molar-refractivity contribution in [3.63, 3.8) is 0 Å². The molecule has 0 radical (unpaired) electrons. The van der Waals surface area contributed by atoms with E-state index < -0.39 is 11.5 Å². The van der Waals surface area contributed by atoms with Gasteiger partial charge in [-0.2, -0.15) is 0 Å². The lowest BCUT2D eigenvalue weighted by Gasteiger charge is -2.37. The summed E-state index contributed by atoms with van der Waals surface area (Å²) in [5.74, 6) is -2.67. The first-order chi connectivity index (χ1) is 5.66. The summed E-state index contributed by atoms with van der Waals surface area (Å²) in [5, 5.41) is 2.70. The third-order valence-corrected chi connectivity index (χ3v) is 2.78. The summed E-state index contributed by atoms with van der Waals surface area (Å²) < 4.78 is 31.8. The summed E-state index contributed by atoms with van der Waals surface area (Å²) in [7, 11) is 0. The molecule has 0 bridgehead atoms. The molecule has 2 nitrogen and oxygen atoms in total. The maximum absolute atomic E-state index is 13.3. The van der Waals surface area contributed by atoms with Gasteiger partial charge < -0.3 is 10.1 Å². The largest absolute Gasteiger partial charge is 0.367 e. The molecule has 4 heteroatoms. The molecule has 1 spiro atoms. The maximum Gasteiger partial charge on any atom is 0.289 e.